The summed E-state index contributed by atoms with van der Waals surface area (Å²) in [4.78, 5) is 12.2. The van der Waals surface area contributed by atoms with Gasteiger partial charge in [0.2, 0.25) is 5.91 Å². The van der Waals surface area contributed by atoms with Crippen molar-refractivity contribution in [1.29, 1.82) is 0 Å². The molecule has 0 unspecified atom stereocenters. The first-order chi connectivity index (χ1) is 8.19. The average Bonchev–Trinajstić information content (AvgIpc) is 2.61. The molecule has 2 rings (SSSR count). The van der Waals surface area contributed by atoms with Crippen molar-refractivity contribution in [2.24, 2.45) is 16.6 Å². The Balaban J connectivity index is 1.87. The van der Waals surface area contributed by atoms with Crippen molar-refractivity contribution >= 4 is 5.91 Å². The van der Waals surface area contributed by atoms with Crippen LogP contribution in [0.1, 0.15) is 66.2 Å². The van der Waals surface area contributed by atoms with Crippen LogP contribution in [0.3, 0.4) is 0 Å². The molecule has 3 nitrogen and oxygen atoms in total. The van der Waals surface area contributed by atoms with Gasteiger partial charge in [-0.3, -0.25) is 4.79 Å². The molecule has 3 heteroatoms. The summed E-state index contributed by atoms with van der Waals surface area (Å²) in [6.45, 7) is 8.88. The molecule has 2 fully saturated rings. The molecule has 0 radical (unpaired) electrons. The van der Waals surface area contributed by atoms with E-state index in [4.69, 9.17) is 5.73 Å². The van der Waals surface area contributed by atoms with E-state index in [1.165, 1.54) is 19.3 Å². The fraction of sp³-hybridized carbons (Fsp3) is 0.933. The number of amides is 1. The van der Waals surface area contributed by atoms with Gasteiger partial charge in [-0.25, -0.2) is 0 Å². The van der Waals surface area contributed by atoms with Crippen LogP contribution in [-0.4, -0.2) is 17.5 Å². The first-order valence-corrected chi connectivity index (χ1v) is 7.27. The van der Waals surface area contributed by atoms with Crippen LogP contribution in [0.4, 0.5) is 0 Å². The van der Waals surface area contributed by atoms with Gasteiger partial charge in [-0.2, -0.15) is 0 Å². The van der Waals surface area contributed by atoms with E-state index in [1.807, 2.05) is 0 Å². The number of carbonyl (C=O) groups excluding carboxylic acids is 1. The molecule has 0 aliphatic heterocycles. The third-order valence-corrected chi connectivity index (χ3v) is 5.69. The van der Waals surface area contributed by atoms with Gasteiger partial charge < -0.3 is 11.1 Å². The van der Waals surface area contributed by atoms with Crippen LogP contribution < -0.4 is 11.1 Å². The van der Waals surface area contributed by atoms with Gasteiger partial charge in [0.1, 0.15) is 0 Å². The minimum Gasteiger partial charge on any atom is -0.352 e. The van der Waals surface area contributed by atoms with Crippen LogP contribution in [0, 0.1) is 10.8 Å². The highest BCUT2D eigenvalue weighted by atomic mass is 16.1. The van der Waals surface area contributed by atoms with Gasteiger partial charge >= 0.3 is 0 Å². The monoisotopic (exact) mass is 252 g/mol. The molecule has 104 valence electrons. The Kier molecular flexibility index (Phi) is 3.25. The van der Waals surface area contributed by atoms with Crippen LogP contribution in [0.2, 0.25) is 0 Å². The molecule has 0 atom stereocenters. The lowest BCUT2D eigenvalue weighted by Crippen LogP contribution is -2.46. The molecule has 0 spiro atoms. The zero-order chi connectivity index (χ0) is 13.6. The predicted octanol–water partition coefficient (Wildman–Crippen LogP) is 2.59. The number of hydrogen-bond acceptors (Lipinski definition) is 2. The van der Waals surface area contributed by atoms with Crippen LogP contribution >= 0.6 is 0 Å². The number of carbonyl (C=O) groups is 1. The molecule has 0 bridgehead atoms. The number of nitrogens with two attached hydrogens (primary N) is 1. The standard InChI is InChI=1S/C15H28N2O/c1-13(2)12(14(13,3)4)17-11(18)10-15(16)8-6-5-7-9-15/h12H,5-10,16H2,1-4H3,(H,17,18). The van der Waals surface area contributed by atoms with Crippen LogP contribution in [0.15, 0.2) is 0 Å². The first kappa shape index (κ1) is 13.9. The Morgan fingerprint density at radius 3 is 2.06 bits per heavy atom. The van der Waals surface area contributed by atoms with Crippen LogP contribution in [-0.2, 0) is 4.79 Å². The fourth-order valence-corrected chi connectivity index (χ4v) is 3.52. The molecule has 1 amide bonds. The summed E-state index contributed by atoms with van der Waals surface area (Å²) < 4.78 is 0. The third kappa shape index (κ3) is 2.29. The van der Waals surface area contributed by atoms with E-state index in [0.29, 0.717) is 12.5 Å². The summed E-state index contributed by atoms with van der Waals surface area (Å²) in [6, 6.07) is 0.296. The molecular formula is C15H28N2O. The summed E-state index contributed by atoms with van der Waals surface area (Å²) in [7, 11) is 0. The fourth-order valence-electron chi connectivity index (χ4n) is 3.52. The second-order valence-corrected chi connectivity index (χ2v) is 7.54. The van der Waals surface area contributed by atoms with Gasteiger partial charge in [0.05, 0.1) is 0 Å². The summed E-state index contributed by atoms with van der Waals surface area (Å²) in [5, 5.41) is 3.19. The second-order valence-electron chi connectivity index (χ2n) is 7.54. The zero-order valence-corrected chi connectivity index (χ0v) is 12.3. The molecule has 2 aliphatic rings. The highest BCUT2D eigenvalue weighted by molar-refractivity contribution is 5.78. The smallest absolute Gasteiger partial charge is 0.222 e. The van der Waals surface area contributed by atoms with Crippen molar-refractivity contribution in [3.8, 4) is 0 Å². The molecule has 2 aliphatic carbocycles. The highest BCUT2D eigenvalue weighted by Gasteiger charge is 2.65. The van der Waals surface area contributed by atoms with Gasteiger partial charge in [0, 0.05) is 18.0 Å². The van der Waals surface area contributed by atoms with E-state index in [2.05, 4.69) is 33.0 Å². The van der Waals surface area contributed by atoms with Gasteiger partial charge in [-0.15, -0.1) is 0 Å². The second kappa shape index (κ2) is 4.22. The minimum atomic E-state index is -0.245. The van der Waals surface area contributed by atoms with E-state index in [1.54, 1.807) is 0 Å². The minimum absolute atomic E-state index is 0.142. The molecule has 0 saturated heterocycles. The molecule has 0 aromatic carbocycles. The lowest BCUT2D eigenvalue weighted by atomic mass is 9.80. The molecule has 0 aromatic rings. The third-order valence-electron chi connectivity index (χ3n) is 5.69. The zero-order valence-electron chi connectivity index (χ0n) is 12.3. The lowest BCUT2D eigenvalue weighted by molar-refractivity contribution is -0.123. The van der Waals surface area contributed by atoms with E-state index in [0.717, 1.165) is 12.8 Å². The summed E-state index contributed by atoms with van der Waals surface area (Å²) >= 11 is 0. The van der Waals surface area contributed by atoms with E-state index in [9.17, 15) is 4.79 Å². The van der Waals surface area contributed by atoms with Crippen molar-refractivity contribution in [2.75, 3.05) is 0 Å². The number of nitrogens with one attached hydrogen (secondary N) is 1. The Bertz CT molecular complexity index is 326. The molecule has 3 N–H and O–H groups in total. The SMILES string of the molecule is CC1(C)C(NC(=O)CC2(N)CCCCC2)C1(C)C. The maximum Gasteiger partial charge on any atom is 0.222 e. The number of hydrogen-bond donors (Lipinski definition) is 2. The summed E-state index contributed by atoms with van der Waals surface area (Å²) in [5.74, 6) is 0.142. The number of rotatable bonds is 3. The van der Waals surface area contributed by atoms with Crippen molar-refractivity contribution < 1.29 is 4.79 Å². The van der Waals surface area contributed by atoms with Gasteiger partial charge in [-0.05, 0) is 23.7 Å². The topological polar surface area (TPSA) is 55.1 Å². The first-order valence-electron chi connectivity index (χ1n) is 7.27. The van der Waals surface area contributed by atoms with E-state index < -0.39 is 0 Å². The van der Waals surface area contributed by atoms with Crippen LogP contribution in [0.25, 0.3) is 0 Å². The van der Waals surface area contributed by atoms with Gasteiger partial charge in [0.25, 0.3) is 0 Å². The Morgan fingerprint density at radius 2 is 1.61 bits per heavy atom. The molecule has 2 saturated carbocycles. The van der Waals surface area contributed by atoms with Crippen LogP contribution in [0.5, 0.6) is 0 Å². The predicted molar refractivity (Wildman–Crippen MR) is 74.1 cm³/mol. The Labute approximate surface area is 111 Å². The molecule has 18 heavy (non-hydrogen) atoms. The Morgan fingerprint density at radius 1 is 1.11 bits per heavy atom. The maximum absolute atomic E-state index is 12.2. The summed E-state index contributed by atoms with van der Waals surface area (Å²) in [5.41, 5.74) is 6.50. The van der Waals surface area contributed by atoms with Crippen molar-refractivity contribution in [2.45, 2.75) is 77.8 Å². The molecule has 0 aromatic heterocycles. The van der Waals surface area contributed by atoms with Gasteiger partial charge in [-0.1, -0.05) is 47.0 Å². The Hall–Kier alpha value is -0.570. The molecular weight excluding hydrogens is 224 g/mol. The normalized spacial score (nSPS) is 28.7. The summed E-state index contributed by atoms with van der Waals surface area (Å²) in [6.07, 6.45) is 6.10. The van der Waals surface area contributed by atoms with Crippen molar-refractivity contribution in [1.82, 2.24) is 5.32 Å². The molecule has 0 heterocycles. The van der Waals surface area contributed by atoms with Crippen molar-refractivity contribution in [3.05, 3.63) is 0 Å². The largest absolute Gasteiger partial charge is 0.352 e. The highest BCUT2D eigenvalue weighted by Crippen LogP contribution is 2.62. The quantitative estimate of drug-likeness (QED) is 0.811. The van der Waals surface area contributed by atoms with Gasteiger partial charge in [0.15, 0.2) is 0 Å². The van der Waals surface area contributed by atoms with E-state index >= 15 is 0 Å². The van der Waals surface area contributed by atoms with E-state index in [-0.39, 0.29) is 22.3 Å². The average molecular weight is 252 g/mol. The lowest BCUT2D eigenvalue weighted by Gasteiger charge is -2.32. The van der Waals surface area contributed by atoms with Crippen molar-refractivity contribution in [3.63, 3.8) is 0 Å². The maximum atomic E-state index is 12.2.